The van der Waals surface area contributed by atoms with Crippen LogP contribution in [-0.2, 0) is 4.79 Å². The fourth-order valence-electron chi connectivity index (χ4n) is 3.84. The van der Waals surface area contributed by atoms with Crippen molar-refractivity contribution in [1.82, 2.24) is 20.0 Å². The molecule has 0 bridgehead atoms. The Labute approximate surface area is 182 Å². The van der Waals surface area contributed by atoms with Gasteiger partial charge in [0.05, 0.1) is 12.2 Å². The van der Waals surface area contributed by atoms with E-state index >= 15 is 0 Å². The maximum Gasteiger partial charge on any atom is 0.272 e. The van der Waals surface area contributed by atoms with Gasteiger partial charge in [0.25, 0.3) is 5.91 Å². The third kappa shape index (κ3) is 5.38. The van der Waals surface area contributed by atoms with E-state index in [1.165, 1.54) is 0 Å². The molecular formula is C24H27N5O2. The van der Waals surface area contributed by atoms with Crippen molar-refractivity contribution in [2.24, 2.45) is 0 Å². The van der Waals surface area contributed by atoms with Crippen LogP contribution in [0.25, 0.3) is 5.69 Å². The van der Waals surface area contributed by atoms with E-state index in [0.717, 1.165) is 43.0 Å². The molecule has 0 radical (unpaired) electrons. The summed E-state index contributed by atoms with van der Waals surface area (Å²) in [6, 6.07) is 21.1. The van der Waals surface area contributed by atoms with E-state index in [4.69, 9.17) is 0 Å². The van der Waals surface area contributed by atoms with Crippen molar-refractivity contribution in [2.75, 3.05) is 25.0 Å². The second-order valence-corrected chi connectivity index (χ2v) is 7.86. The Balaban J connectivity index is 1.26. The minimum atomic E-state index is -0.155. The first-order chi connectivity index (χ1) is 15.1. The van der Waals surface area contributed by atoms with E-state index in [9.17, 15) is 9.59 Å². The average Bonchev–Trinajstić information content (AvgIpc) is 3.18. The summed E-state index contributed by atoms with van der Waals surface area (Å²) >= 11 is 0. The fraction of sp³-hybridized carbons (Fsp3) is 0.292. The molecule has 2 heterocycles. The topological polar surface area (TPSA) is 79.3 Å². The largest absolute Gasteiger partial charge is 0.348 e. The molecule has 0 saturated carbocycles. The first kappa shape index (κ1) is 20.8. The molecule has 7 nitrogen and oxygen atoms in total. The molecule has 0 aliphatic carbocycles. The van der Waals surface area contributed by atoms with E-state index in [-0.39, 0.29) is 17.9 Å². The molecule has 1 fully saturated rings. The van der Waals surface area contributed by atoms with Gasteiger partial charge in [0.2, 0.25) is 5.91 Å². The van der Waals surface area contributed by atoms with Gasteiger partial charge in [-0.15, -0.1) is 0 Å². The van der Waals surface area contributed by atoms with Gasteiger partial charge in [-0.3, -0.25) is 14.5 Å². The Morgan fingerprint density at radius 3 is 2.32 bits per heavy atom. The number of aromatic nitrogens is 2. The number of hydrogen-bond acceptors (Lipinski definition) is 4. The van der Waals surface area contributed by atoms with Crippen molar-refractivity contribution < 1.29 is 9.59 Å². The Hall–Kier alpha value is -3.45. The quantitative estimate of drug-likeness (QED) is 0.646. The summed E-state index contributed by atoms with van der Waals surface area (Å²) < 4.78 is 1.78. The summed E-state index contributed by atoms with van der Waals surface area (Å²) in [5.74, 6) is -0.173. The van der Waals surface area contributed by atoms with Gasteiger partial charge in [0.15, 0.2) is 5.69 Å². The number of anilines is 1. The zero-order chi connectivity index (χ0) is 21.6. The van der Waals surface area contributed by atoms with Gasteiger partial charge in [-0.1, -0.05) is 36.4 Å². The number of carbonyl (C=O) groups excluding carboxylic acids is 2. The van der Waals surface area contributed by atoms with Gasteiger partial charge in [-0.25, -0.2) is 4.68 Å². The van der Waals surface area contributed by atoms with Crippen LogP contribution in [-0.4, -0.2) is 52.2 Å². The minimum Gasteiger partial charge on any atom is -0.348 e. The molecule has 1 aliphatic rings. The van der Waals surface area contributed by atoms with Gasteiger partial charge in [-0.05, 0) is 50.1 Å². The minimum absolute atomic E-state index is 0.0180. The second-order valence-electron chi connectivity index (χ2n) is 7.86. The summed E-state index contributed by atoms with van der Waals surface area (Å²) in [4.78, 5) is 27.1. The Kier molecular flexibility index (Phi) is 6.43. The monoisotopic (exact) mass is 417 g/mol. The molecule has 0 unspecified atom stereocenters. The van der Waals surface area contributed by atoms with Gasteiger partial charge in [0.1, 0.15) is 0 Å². The van der Waals surface area contributed by atoms with Crippen LogP contribution in [0.3, 0.4) is 0 Å². The molecule has 1 saturated heterocycles. The highest BCUT2D eigenvalue weighted by Crippen LogP contribution is 2.14. The summed E-state index contributed by atoms with van der Waals surface area (Å²) in [5.41, 5.74) is 3.07. The molecule has 3 aromatic rings. The van der Waals surface area contributed by atoms with E-state index in [0.29, 0.717) is 12.2 Å². The third-order valence-corrected chi connectivity index (χ3v) is 5.47. The molecule has 2 aromatic carbocycles. The number of para-hydroxylation sites is 2. The van der Waals surface area contributed by atoms with Crippen LogP contribution in [0.1, 0.15) is 29.0 Å². The fourth-order valence-corrected chi connectivity index (χ4v) is 3.84. The van der Waals surface area contributed by atoms with Crippen LogP contribution in [0.5, 0.6) is 0 Å². The van der Waals surface area contributed by atoms with Crippen LogP contribution < -0.4 is 10.6 Å². The predicted octanol–water partition coefficient (Wildman–Crippen LogP) is 3.01. The van der Waals surface area contributed by atoms with E-state index in [2.05, 4.69) is 20.6 Å². The van der Waals surface area contributed by atoms with Crippen molar-refractivity contribution in [2.45, 2.75) is 25.8 Å². The molecule has 2 amide bonds. The lowest BCUT2D eigenvalue weighted by Gasteiger charge is -2.31. The van der Waals surface area contributed by atoms with Crippen LogP contribution in [0.4, 0.5) is 5.69 Å². The molecule has 4 rings (SSSR count). The van der Waals surface area contributed by atoms with Gasteiger partial charge < -0.3 is 10.6 Å². The van der Waals surface area contributed by atoms with Gasteiger partial charge in [0, 0.05) is 30.5 Å². The van der Waals surface area contributed by atoms with Crippen LogP contribution in [0.15, 0.2) is 66.7 Å². The first-order valence-corrected chi connectivity index (χ1v) is 10.6. The number of aryl methyl sites for hydroxylation is 1. The normalized spacial score (nSPS) is 14.9. The molecule has 0 spiro atoms. The molecule has 0 atom stereocenters. The zero-order valence-corrected chi connectivity index (χ0v) is 17.6. The van der Waals surface area contributed by atoms with Crippen molar-refractivity contribution in [3.8, 4) is 5.69 Å². The lowest BCUT2D eigenvalue weighted by molar-refractivity contribution is -0.117. The Bertz CT molecular complexity index is 1020. The zero-order valence-electron chi connectivity index (χ0n) is 17.6. The number of rotatable bonds is 6. The number of nitrogens with one attached hydrogen (secondary N) is 2. The van der Waals surface area contributed by atoms with E-state index < -0.39 is 0 Å². The highest BCUT2D eigenvalue weighted by atomic mass is 16.2. The number of carbonyl (C=O) groups is 2. The molecule has 2 N–H and O–H groups in total. The summed E-state index contributed by atoms with van der Waals surface area (Å²) in [7, 11) is 0. The van der Waals surface area contributed by atoms with E-state index in [1.807, 2.05) is 73.7 Å². The number of benzene rings is 2. The Morgan fingerprint density at radius 2 is 1.65 bits per heavy atom. The summed E-state index contributed by atoms with van der Waals surface area (Å²) in [6.45, 7) is 3.83. The van der Waals surface area contributed by atoms with Crippen LogP contribution in [0.2, 0.25) is 0 Å². The summed E-state index contributed by atoms with van der Waals surface area (Å²) in [6.07, 6.45) is 1.62. The van der Waals surface area contributed by atoms with Crippen molar-refractivity contribution in [3.05, 3.63) is 78.1 Å². The van der Waals surface area contributed by atoms with Gasteiger partial charge in [-0.2, -0.15) is 5.10 Å². The number of piperidine rings is 1. The molecule has 160 valence electrons. The summed E-state index contributed by atoms with van der Waals surface area (Å²) in [5, 5.41) is 10.5. The SMILES string of the molecule is Cc1cc(C(=O)NC2CCN(CC(=O)Nc3ccccc3)CC2)nn1-c1ccccc1. The lowest BCUT2D eigenvalue weighted by atomic mass is 10.0. The maximum atomic E-state index is 12.7. The second kappa shape index (κ2) is 9.57. The van der Waals surface area contributed by atoms with E-state index in [1.54, 1.807) is 4.68 Å². The van der Waals surface area contributed by atoms with Crippen LogP contribution >= 0.6 is 0 Å². The standard InChI is InChI=1S/C24H27N5O2/c1-18-16-22(27-29(18)21-10-6-3-7-11-21)24(31)26-20-12-14-28(15-13-20)17-23(30)25-19-8-4-2-5-9-19/h2-11,16,20H,12-15,17H2,1H3,(H,25,30)(H,26,31). The lowest BCUT2D eigenvalue weighted by Crippen LogP contribution is -2.46. The molecule has 7 heteroatoms. The highest BCUT2D eigenvalue weighted by Gasteiger charge is 2.23. The third-order valence-electron chi connectivity index (χ3n) is 5.47. The number of amides is 2. The van der Waals surface area contributed by atoms with Gasteiger partial charge >= 0.3 is 0 Å². The molecule has 1 aromatic heterocycles. The Morgan fingerprint density at radius 1 is 1.00 bits per heavy atom. The van der Waals surface area contributed by atoms with Crippen LogP contribution in [0, 0.1) is 6.92 Å². The van der Waals surface area contributed by atoms with Crippen molar-refractivity contribution in [3.63, 3.8) is 0 Å². The number of hydrogen-bond donors (Lipinski definition) is 2. The highest BCUT2D eigenvalue weighted by molar-refractivity contribution is 5.93. The molecule has 31 heavy (non-hydrogen) atoms. The number of likely N-dealkylation sites (tertiary alicyclic amines) is 1. The molecular weight excluding hydrogens is 390 g/mol. The predicted molar refractivity (Wildman–Crippen MR) is 120 cm³/mol. The van der Waals surface area contributed by atoms with Crippen molar-refractivity contribution >= 4 is 17.5 Å². The molecule has 1 aliphatic heterocycles. The number of nitrogens with zero attached hydrogens (tertiary/aromatic N) is 3. The average molecular weight is 418 g/mol. The first-order valence-electron chi connectivity index (χ1n) is 10.6. The van der Waals surface area contributed by atoms with Crippen molar-refractivity contribution in [1.29, 1.82) is 0 Å². The smallest absolute Gasteiger partial charge is 0.272 e. The maximum absolute atomic E-state index is 12.7.